The van der Waals surface area contributed by atoms with Crippen LogP contribution in [0, 0.1) is 6.92 Å². The summed E-state index contributed by atoms with van der Waals surface area (Å²) in [6, 6.07) is 1.88. The highest BCUT2D eigenvalue weighted by atomic mass is 32.1. The molecule has 2 aromatic rings. The van der Waals surface area contributed by atoms with E-state index in [9.17, 15) is 4.79 Å². The normalized spacial score (nSPS) is 22.5. The van der Waals surface area contributed by atoms with E-state index in [4.69, 9.17) is 9.47 Å². The maximum absolute atomic E-state index is 12.3. The predicted octanol–water partition coefficient (Wildman–Crippen LogP) is 3.10. The fraction of sp³-hybridized carbons (Fsp3) is 0.529. The first kappa shape index (κ1) is 16.2. The molecule has 0 unspecified atom stereocenters. The smallest absolute Gasteiger partial charge is 0.254 e. The highest BCUT2D eigenvalue weighted by Crippen LogP contribution is 2.36. The maximum Gasteiger partial charge on any atom is 0.254 e. The molecule has 5 nitrogen and oxygen atoms in total. The zero-order valence-corrected chi connectivity index (χ0v) is 15.2. The van der Waals surface area contributed by atoms with E-state index in [0.29, 0.717) is 26.3 Å². The molecule has 2 aliphatic rings. The number of hydrogen-bond donors (Lipinski definition) is 0. The third-order valence-corrected chi connectivity index (χ3v) is 6.10. The summed E-state index contributed by atoms with van der Waals surface area (Å²) in [7, 11) is 0. The molecule has 2 saturated heterocycles. The Morgan fingerprint density at radius 2 is 2.38 bits per heavy atom. The third-order valence-electron chi connectivity index (χ3n) is 4.59. The molecule has 0 aliphatic carbocycles. The van der Waals surface area contributed by atoms with Gasteiger partial charge in [-0.2, -0.15) is 11.3 Å². The van der Waals surface area contributed by atoms with Gasteiger partial charge in [0.2, 0.25) is 0 Å². The molecule has 2 aromatic heterocycles. The van der Waals surface area contributed by atoms with Crippen LogP contribution in [0.15, 0.2) is 22.2 Å². The summed E-state index contributed by atoms with van der Waals surface area (Å²) in [5.74, 6) is 0.103. The fourth-order valence-electron chi connectivity index (χ4n) is 3.38. The summed E-state index contributed by atoms with van der Waals surface area (Å²) in [6.07, 6.45) is 1.94. The number of carbonyl (C=O) groups excluding carboxylic acids is 1. The molecule has 0 bridgehead atoms. The lowest BCUT2D eigenvalue weighted by Crippen LogP contribution is -2.67. The molecule has 0 radical (unpaired) electrons. The Hall–Kier alpha value is -1.28. The molecule has 0 N–H and O–H groups in total. The number of rotatable bonds is 4. The summed E-state index contributed by atoms with van der Waals surface area (Å²) in [6.45, 7) is 4.59. The second kappa shape index (κ2) is 6.55. The van der Waals surface area contributed by atoms with Crippen molar-refractivity contribution < 1.29 is 14.3 Å². The lowest BCUT2D eigenvalue weighted by molar-refractivity contribution is -0.188. The quantitative estimate of drug-likeness (QED) is 0.836. The van der Waals surface area contributed by atoms with Crippen LogP contribution >= 0.6 is 22.7 Å². The minimum Gasteiger partial charge on any atom is -0.372 e. The van der Waals surface area contributed by atoms with Crippen LogP contribution in [0.25, 0.3) is 0 Å². The van der Waals surface area contributed by atoms with Crippen molar-refractivity contribution in [3.8, 4) is 0 Å². The Balaban J connectivity index is 1.30. The van der Waals surface area contributed by atoms with Gasteiger partial charge in [-0.05, 0) is 24.8 Å². The molecule has 0 aromatic carbocycles. The SMILES string of the molecule is Cc1nc(CO[C@@H]2CCOC3(C2)CN(C(=O)c2ccsc2)C3)cs1. The van der Waals surface area contributed by atoms with Crippen molar-refractivity contribution in [2.24, 2.45) is 0 Å². The Kier molecular flexibility index (Phi) is 4.42. The Morgan fingerprint density at radius 3 is 3.08 bits per heavy atom. The van der Waals surface area contributed by atoms with Crippen molar-refractivity contribution >= 4 is 28.6 Å². The highest BCUT2D eigenvalue weighted by Gasteiger charge is 2.49. The molecule has 2 aliphatic heterocycles. The van der Waals surface area contributed by atoms with Gasteiger partial charge in [-0.15, -0.1) is 11.3 Å². The minimum absolute atomic E-state index is 0.103. The predicted molar refractivity (Wildman–Crippen MR) is 93.6 cm³/mol. The van der Waals surface area contributed by atoms with E-state index in [-0.39, 0.29) is 17.6 Å². The first-order valence-corrected chi connectivity index (χ1v) is 9.94. The molecule has 0 saturated carbocycles. The first-order valence-electron chi connectivity index (χ1n) is 8.12. The second-order valence-electron chi connectivity index (χ2n) is 6.49. The molecule has 4 rings (SSSR count). The van der Waals surface area contributed by atoms with E-state index in [1.165, 1.54) is 0 Å². The molecule has 2 fully saturated rings. The van der Waals surface area contributed by atoms with Crippen LogP contribution in [-0.2, 0) is 16.1 Å². The topological polar surface area (TPSA) is 51.7 Å². The number of likely N-dealkylation sites (tertiary alicyclic amines) is 1. The standard InChI is InChI=1S/C17H20N2O3S2/c1-12-18-14(9-24-12)7-21-15-2-4-22-17(6-15)10-19(11-17)16(20)13-3-5-23-8-13/h3,5,8-9,15H,2,4,6-7,10-11H2,1H3/t15-/m1/s1. The maximum atomic E-state index is 12.3. The fourth-order valence-corrected chi connectivity index (χ4v) is 4.61. The number of aryl methyl sites for hydroxylation is 1. The van der Waals surface area contributed by atoms with E-state index >= 15 is 0 Å². The van der Waals surface area contributed by atoms with Crippen LogP contribution in [0.5, 0.6) is 0 Å². The summed E-state index contributed by atoms with van der Waals surface area (Å²) in [5.41, 5.74) is 1.56. The van der Waals surface area contributed by atoms with Gasteiger partial charge in [0.1, 0.15) is 5.60 Å². The van der Waals surface area contributed by atoms with Gasteiger partial charge >= 0.3 is 0 Å². The average molecular weight is 364 g/mol. The Bertz CT molecular complexity index is 707. The van der Waals surface area contributed by atoms with Gasteiger partial charge in [0.15, 0.2) is 0 Å². The lowest BCUT2D eigenvalue weighted by Gasteiger charge is -2.52. The summed E-state index contributed by atoms with van der Waals surface area (Å²) < 4.78 is 12.0. The zero-order chi connectivity index (χ0) is 16.6. The molecule has 1 amide bonds. The number of ether oxygens (including phenoxy) is 2. The van der Waals surface area contributed by atoms with Gasteiger partial charge in [-0.1, -0.05) is 0 Å². The third kappa shape index (κ3) is 3.26. The van der Waals surface area contributed by atoms with Crippen LogP contribution < -0.4 is 0 Å². The van der Waals surface area contributed by atoms with Crippen molar-refractivity contribution in [2.75, 3.05) is 19.7 Å². The van der Waals surface area contributed by atoms with Crippen molar-refractivity contribution in [1.82, 2.24) is 9.88 Å². The first-order chi connectivity index (χ1) is 11.6. The molecule has 7 heteroatoms. The van der Waals surface area contributed by atoms with E-state index in [1.54, 1.807) is 22.7 Å². The van der Waals surface area contributed by atoms with Gasteiger partial charge in [-0.25, -0.2) is 4.98 Å². The van der Waals surface area contributed by atoms with E-state index in [0.717, 1.165) is 29.1 Å². The van der Waals surface area contributed by atoms with Gasteiger partial charge in [-0.3, -0.25) is 4.79 Å². The molecule has 128 valence electrons. The number of nitrogens with zero attached hydrogens (tertiary/aromatic N) is 2. The van der Waals surface area contributed by atoms with Gasteiger partial charge in [0, 0.05) is 23.8 Å². The molecule has 1 atom stereocenters. The van der Waals surface area contributed by atoms with Crippen molar-refractivity contribution in [3.63, 3.8) is 0 Å². The number of amides is 1. The van der Waals surface area contributed by atoms with Crippen LogP contribution in [0.4, 0.5) is 0 Å². The Labute approximate surface area is 149 Å². The van der Waals surface area contributed by atoms with Gasteiger partial charge < -0.3 is 14.4 Å². The largest absolute Gasteiger partial charge is 0.372 e. The van der Waals surface area contributed by atoms with Gasteiger partial charge in [0.05, 0.1) is 42.1 Å². The number of carbonyl (C=O) groups is 1. The minimum atomic E-state index is -0.216. The van der Waals surface area contributed by atoms with Crippen molar-refractivity contribution in [2.45, 2.75) is 38.1 Å². The van der Waals surface area contributed by atoms with E-state index in [1.807, 2.05) is 28.7 Å². The molecule has 1 spiro atoms. The summed E-state index contributed by atoms with van der Waals surface area (Å²) in [4.78, 5) is 18.7. The lowest BCUT2D eigenvalue weighted by atomic mass is 9.84. The highest BCUT2D eigenvalue weighted by molar-refractivity contribution is 7.09. The number of thiophene rings is 1. The monoisotopic (exact) mass is 364 g/mol. The number of hydrogen-bond acceptors (Lipinski definition) is 6. The van der Waals surface area contributed by atoms with Crippen LogP contribution in [0.1, 0.15) is 33.9 Å². The van der Waals surface area contributed by atoms with Crippen molar-refractivity contribution in [1.29, 1.82) is 0 Å². The number of aromatic nitrogens is 1. The molecular weight excluding hydrogens is 344 g/mol. The molecule has 4 heterocycles. The van der Waals surface area contributed by atoms with Crippen LogP contribution in [0.3, 0.4) is 0 Å². The summed E-state index contributed by atoms with van der Waals surface area (Å²) >= 11 is 3.20. The summed E-state index contributed by atoms with van der Waals surface area (Å²) in [5, 5.41) is 6.95. The number of thiazole rings is 1. The van der Waals surface area contributed by atoms with E-state index < -0.39 is 0 Å². The Morgan fingerprint density at radius 1 is 1.50 bits per heavy atom. The second-order valence-corrected chi connectivity index (χ2v) is 8.33. The average Bonchev–Trinajstić information content (AvgIpc) is 3.22. The molecule has 24 heavy (non-hydrogen) atoms. The van der Waals surface area contributed by atoms with E-state index in [2.05, 4.69) is 10.4 Å². The van der Waals surface area contributed by atoms with Crippen LogP contribution in [-0.4, -0.2) is 47.2 Å². The van der Waals surface area contributed by atoms with Crippen molar-refractivity contribution in [3.05, 3.63) is 38.5 Å². The zero-order valence-electron chi connectivity index (χ0n) is 13.6. The van der Waals surface area contributed by atoms with Gasteiger partial charge in [0.25, 0.3) is 5.91 Å². The molecular formula is C17H20N2O3S2. The van der Waals surface area contributed by atoms with Crippen LogP contribution in [0.2, 0.25) is 0 Å².